The first-order valence-corrected chi connectivity index (χ1v) is 8.81. The maximum absolute atomic E-state index is 11.5. The summed E-state index contributed by atoms with van der Waals surface area (Å²) in [4.78, 5) is 11.5. The molecule has 2 aromatic rings. The summed E-state index contributed by atoms with van der Waals surface area (Å²) < 4.78 is 24.3. The Labute approximate surface area is 139 Å². The van der Waals surface area contributed by atoms with Gasteiger partial charge in [0.2, 0.25) is 10.0 Å². The summed E-state index contributed by atoms with van der Waals surface area (Å²) in [5.41, 5.74) is 7.72. The molecule has 1 aliphatic rings. The fourth-order valence-electron chi connectivity index (χ4n) is 2.48. The summed E-state index contributed by atoms with van der Waals surface area (Å²) in [5, 5.41) is 9.34. The number of primary amides is 1. The number of carbonyl (C=O) groups excluding carboxylic acids is 1. The zero-order valence-electron chi connectivity index (χ0n) is 12.7. The Morgan fingerprint density at radius 3 is 2.42 bits per heavy atom. The zero-order chi connectivity index (χ0) is 17.3. The van der Waals surface area contributed by atoms with Crippen LogP contribution < -0.4 is 10.9 Å². The van der Waals surface area contributed by atoms with Crippen LogP contribution in [0.5, 0.6) is 0 Å². The standard InChI is InChI=1S/C16H16N4O3S/c17-16(21)14-10-15(11-4-2-1-3-5-11)20(19-14)12-6-8-13(9-7-12)24(18,22)23/h2,4-10H,1,3H2,(H2,17,21)(H2,18,22,23). The van der Waals surface area contributed by atoms with Crippen LogP contribution in [0.15, 0.2) is 53.5 Å². The first-order chi connectivity index (χ1) is 11.4. The third-order valence-corrected chi connectivity index (χ3v) is 4.59. The van der Waals surface area contributed by atoms with Gasteiger partial charge in [0, 0.05) is 0 Å². The molecule has 7 nitrogen and oxygen atoms in total. The van der Waals surface area contributed by atoms with E-state index in [0.29, 0.717) is 11.4 Å². The number of amides is 1. The molecule has 1 amide bonds. The maximum atomic E-state index is 11.5. The molecule has 0 saturated heterocycles. The largest absolute Gasteiger partial charge is 0.364 e. The summed E-state index contributed by atoms with van der Waals surface area (Å²) in [5.74, 6) is -0.628. The number of nitrogens with two attached hydrogens (primary N) is 2. The van der Waals surface area contributed by atoms with Gasteiger partial charge in [-0.3, -0.25) is 4.79 Å². The van der Waals surface area contributed by atoms with E-state index < -0.39 is 15.9 Å². The quantitative estimate of drug-likeness (QED) is 0.869. The second-order valence-corrected chi connectivity index (χ2v) is 6.93. The average molecular weight is 344 g/mol. The normalized spacial score (nSPS) is 14.5. The van der Waals surface area contributed by atoms with Crippen LogP contribution in [0, 0.1) is 0 Å². The van der Waals surface area contributed by atoms with Gasteiger partial charge < -0.3 is 5.73 Å². The van der Waals surface area contributed by atoms with Gasteiger partial charge in [0.05, 0.1) is 16.3 Å². The van der Waals surface area contributed by atoms with Gasteiger partial charge in [-0.25, -0.2) is 18.2 Å². The van der Waals surface area contributed by atoms with Crippen LogP contribution in [0.2, 0.25) is 0 Å². The fraction of sp³-hybridized carbons (Fsp3) is 0.125. The lowest BCUT2D eigenvalue weighted by molar-refractivity contribution is 0.0995. The van der Waals surface area contributed by atoms with Gasteiger partial charge in [-0.15, -0.1) is 0 Å². The number of rotatable bonds is 4. The summed E-state index contributed by atoms with van der Waals surface area (Å²) >= 11 is 0. The molecular formula is C16H16N4O3S. The number of carbonyl (C=O) groups is 1. The molecule has 0 aliphatic heterocycles. The van der Waals surface area contributed by atoms with Crippen LogP contribution in [0.1, 0.15) is 29.0 Å². The summed E-state index contributed by atoms with van der Waals surface area (Å²) in [6.45, 7) is 0. The molecular weight excluding hydrogens is 328 g/mol. The van der Waals surface area contributed by atoms with Gasteiger partial charge in [-0.05, 0) is 48.7 Å². The summed E-state index contributed by atoms with van der Waals surface area (Å²) in [7, 11) is -3.77. The SMILES string of the molecule is NC(=O)c1cc(C2=CCCC=C2)n(-c2ccc(S(N)(=O)=O)cc2)n1. The van der Waals surface area contributed by atoms with Crippen molar-refractivity contribution in [3.05, 3.63) is 59.9 Å². The lowest BCUT2D eigenvalue weighted by atomic mass is 10.0. The zero-order valence-corrected chi connectivity index (χ0v) is 13.5. The minimum atomic E-state index is -3.77. The third-order valence-electron chi connectivity index (χ3n) is 3.66. The van der Waals surface area contributed by atoms with Crippen LogP contribution >= 0.6 is 0 Å². The molecule has 0 radical (unpaired) electrons. The molecule has 0 fully saturated rings. The van der Waals surface area contributed by atoms with E-state index in [1.807, 2.05) is 12.2 Å². The van der Waals surface area contributed by atoms with E-state index in [4.69, 9.17) is 10.9 Å². The van der Waals surface area contributed by atoms with Crippen molar-refractivity contribution >= 4 is 21.5 Å². The molecule has 1 aliphatic carbocycles. The molecule has 4 N–H and O–H groups in total. The molecule has 0 atom stereocenters. The molecule has 8 heteroatoms. The van der Waals surface area contributed by atoms with Crippen LogP contribution in [0.25, 0.3) is 11.3 Å². The first-order valence-electron chi connectivity index (χ1n) is 7.26. The van der Waals surface area contributed by atoms with Gasteiger partial charge in [0.1, 0.15) is 0 Å². The highest BCUT2D eigenvalue weighted by Crippen LogP contribution is 2.25. The van der Waals surface area contributed by atoms with Crippen LogP contribution in [0.4, 0.5) is 0 Å². The van der Waals surface area contributed by atoms with Crippen molar-refractivity contribution in [3.8, 4) is 5.69 Å². The van der Waals surface area contributed by atoms with Crippen molar-refractivity contribution in [2.75, 3.05) is 0 Å². The highest BCUT2D eigenvalue weighted by molar-refractivity contribution is 7.89. The first kappa shape index (κ1) is 16.2. The van der Waals surface area contributed by atoms with Gasteiger partial charge in [-0.2, -0.15) is 5.10 Å². The Hall–Kier alpha value is -2.71. The van der Waals surface area contributed by atoms with Crippen molar-refractivity contribution in [3.63, 3.8) is 0 Å². The lowest BCUT2D eigenvalue weighted by Gasteiger charge is -2.11. The number of nitrogens with zero attached hydrogens (tertiary/aromatic N) is 2. The predicted octanol–water partition coefficient (Wildman–Crippen LogP) is 1.35. The predicted molar refractivity (Wildman–Crippen MR) is 89.8 cm³/mol. The molecule has 124 valence electrons. The van der Waals surface area contributed by atoms with E-state index in [2.05, 4.69) is 11.2 Å². The van der Waals surface area contributed by atoms with E-state index in [1.165, 1.54) is 12.1 Å². The highest BCUT2D eigenvalue weighted by Gasteiger charge is 2.16. The third kappa shape index (κ3) is 3.15. The van der Waals surface area contributed by atoms with Gasteiger partial charge in [0.15, 0.2) is 5.69 Å². The number of aromatic nitrogens is 2. The van der Waals surface area contributed by atoms with Crippen molar-refractivity contribution in [2.45, 2.75) is 17.7 Å². The second-order valence-electron chi connectivity index (χ2n) is 5.37. The van der Waals surface area contributed by atoms with Crippen LogP contribution in [-0.4, -0.2) is 24.1 Å². The van der Waals surface area contributed by atoms with E-state index in [1.54, 1.807) is 22.9 Å². The highest BCUT2D eigenvalue weighted by atomic mass is 32.2. The molecule has 1 heterocycles. The second kappa shape index (κ2) is 6.06. The number of benzene rings is 1. The number of sulfonamides is 1. The molecule has 1 aromatic heterocycles. The average Bonchev–Trinajstić information content (AvgIpc) is 3.00. The topological polar surface area (TPSA) is 121 Å². The minimum absolute atomic E-state index is 0.00635. The van der Waals surface area contributed by atoms with Gasteiger partial charge in [-0.1, -0.05) is 18.2 Å². The Bertz CT molecular complexity index is 954. The molecule has 1 aromatic carbocycles. The van der Waals surface area contributed by atoms with Crippen molar-refractivity contribution in [2.24, 2.45) is 10.9 Å². The molecule has 0 bridgehead atoms. The van der Waals surface area contributed by atoms with Crippen molar-refractivity contribution < 1.29 is 13.2 Å². The number of allylic oxidation sites excluding steroid dienone is 4. The Morgan fingerprint density at radius 1 is 1.17 bits per heavy atom. The van der Waals surface area contributed by atoms with Crippen LogP contribution in [0.3, 0.4) is 0 Å². The molecule has 24 heavy (non-hydrogen) atoms. The lowest BCUT2D eigenvalue weighted by Crippen LogP contribution is -2.13. The van der Waals surface area contributed by atoms with Crippen molar-refractivity contribution in [1.29, 1.82) is 0 Å². The number of hydrogen-bond acceptors (Lipinski definition) is 4. The smallest absolute Gasteiger partial charge is 0.269 e. The number of primary sulfonamides is 1. The van der Waals surface area contributed by atoms with E-state index >= 15 is 0 Å². The monoisotopic (exact) mass is 344 g/mol. The molecule has 0 spiro atoms. The fourth-order valence-corrected chi connectivity index (χ4v) is 3.00. The Kier molecular flexibility index (Phi) is 4.08. The Balaban J connectivity index is 2.11. The molecule has 0 saturated carbocycles. The van der Waals surface area contributed by atoms with Gasteiger partial charge in [0.25, 0.3) is 5.91 Å². The van der Waals surface area contributed by atoms with E-state index in [0.717, 1.165) is 18.4 Å². The van der Waals surface area contributed by atoms with Gasteiger partial charge >= 0.3 is 0 Å². The molecule has 3 rings (SSSR count). The molecule has 0 unspecified atom stereocenters. The van der Waals surface area contributed by atoms with Crippen LogP contribution in [-0.2, 0) is 10.0 Å². The number of hydrogen-bond donors (Lipinski definition) is 2. The van der Waals surface area contributed by atoms with E-state index in [-0.39, 0.29) is 10.6 Å². The summed E-state index contributed by atoms with van der Waals surface area (Å²) in [6.07, 6.45) is 7.91. The van der Waals surface area contributed by atoms with E-state index in [9.17, 15) is 13.2 Å². The summed E-state index contributed by atoms with van der Waals surface area (Å²) in [6, 6.07) is 7.57. The van der Waals surface area contributed by atoms with Crippen molar-refractivity contribution in [1.82, 2.24) is 9.78 Å². The minimum Gasteiger partial charge on any atom is -0.364 e. The Morgan fingerprint density at radius 2 is 1.88 bits per heavy atom. The maximum Gasteiger partial charge on any atom is 0.269 e.